The zero-order valence-electron chi connectivity index (χ0n) is 12.8. The van der Waals surface area contributed by atoms with Crippen LogP contribution in [-0.4, -0.2) is 40.9 Å². The van der Waals surface area contributed by atoms with E-state index in [-0.39, 0.29) is 5.91 Å². The fourth-order valence-corrected chi connectivity index (χ4v) is 2.30. The van der Waals surface area contributed by atoms with Gasteiger partial charge in [0.25, 0.3) is 5.91 Å². The lowest BCUT2D eigenvalue weighted by atomic mass is 10.1. The number of hydrogen-bond acceptors (Lipinski definition) is 3. The van der Waals surface area contributed by atoms with E-state index in [2.05, 4.69) is 5.32 Å². The molecule has 1 fully saturated rings. The summed E-state index contributed by atoms with van der Waals surface area (Å²) in [6.07, 6.45) is 0.736. The molecule has 6 nitrogen and oxygen atoms in total. The van der Waals surface area contributed by atoms with Crippen molar-refractivity contribution < 1.29 is 19.5 Å². The summed E-state index contributed by atoms with van der Waals surface area (Å²) in [5, 5.41) is 11.7. The van der Waals surface area contributed by atoms with E-state index >= 15 is 0 Å². The van der Waals surface area contributed by atoms with Gasteiger partial charge in [0.1, 0.15) is 5.41 Å². The highest BCUT2D eigenvalue weighted by Crippen LogP contribution is 2.46. The molecule has 2 N–H and O–H groups in total. The molecule has 0 aromatic heterocycles. The summed E-state index contributed by atoms with van der Waals surface area (Å²) in [7, 11) is 0. The van der Waals surface area contributed by atoms with Crippen molar-refractivity contribution in [2.75, 3.05) is 18.4 Å². The van der Waals surface area contributed by atoms with Crippen LogP contribution in [0.25, 0.3) is 0 Å². The fourth-order valence-electron chi connectivity index (χ4n) is 2.30. The molecule has 0 saturated heterocycles. The van der Waals surface area contributed by atoms with Crippen LogP contribution in [0.5, 0.6) is 0 Å². The minimum absolute atomic E-state index is 0.0629. The van der Waals surface area contributed by atoms with Gasteiger partial charge in [-0.05, 0) is 51.0 Å². The average molecular weight is 304 g/mol. The molecule has 1 saturated carbocycles. The van der Waals surface area contributed by atoms with Gasteiger partial charge in [-0.1, -0.05) is 0 Å². The van der Waals surface area contributed by atoms with Crippen molar-refractivity contribution in [3.63, 3.8) is 0 Å². The quantitative estimate of drug-likeness (QED) is 0.787. The molecule has 22 heavy (non-hydrogen) atoms. The number of carboxylic acid groups (broad SMARTS) is 1. The van der Waals surface area contributed by atoms with Gasteiger partial charge in [0.2, 0.25) is 5.91 Å². The number of amides is 2. The van der Waals surface area contributed by atoms with Crippen LogP contribution >= 0.6 is 0 Å². The number of aliphatic carboxylic acids is 1. The Morgan fingerprint density at radius 2 is 1.68 bits per heavy atom. The van der Waals surface area contributed by atoms with Gasteiger partial charge in [-0.15, -0.1) is 0 Å². The van der Waals surface area contributed by atoms with Crippen molar-refractivity contribution in [3.05, 3.63) is 29.8 Å². The molecule has 6 heteroatoms. The van der Waals surface area contributed by atoms with Gasteiger partial charge in [-0.25, -0.2) is 0 Å². The molecule has 1 aromatic rings. The lowest BCUT2D eigenvalue weighted by Crippen LogP contribution is -2.31. The van der Waals surface area contributed by atoms with E-state index in [0.717, 1.165) is 0 Å². The van der Waals surface area contributed by atoms with E-state index in [1.165, 1.54) is 0 Å². The summed E-state index contributed by atoms with van der Waals surface area (Å²) in [5.41, 5.74) is -0.231. The third-order valence-electron chi connectivity index (χ3n) is 4.03. The molecule has 0 radical (unpaired) electrons. The monoisotopic (exact) mass is 304 g/mol. The van der Waals surface area contributed by atoms with Crippen LogP contribution in [-0.2, 0) is 9.59 Å². The molecular weight excluding hydrogens is 284 g/mol. The molecule has 0 heterocycles. The van der Waals surface area contributed by atoms with Gasteiger partial charge in [-0.2, -0.15) is 0 Å². The number of hydrogen-bond donors (Lipinski definition) is 2. The maximum Gasteiger partial charge on any atom is 0.319 e. The standard InChI is InChI=1S/C16H20N2O4/c1-3-18(4-2)13(19)11-5-7-12(8-6-11)17-14(20)16(9-10-16)15(21)22/h5-8H,3-4,9-10H2,1-2H3,(H,17,20)(H,21,22). The number of anilines is 1. The SMILES string of the molecule is CCN(CC)C(=O)c1ccc(NC(=O)C2(C(=O)O)CC2)cc1. The third-order valence-corrected chi connectivity index (χ3v) is 4.03. The molecule has 0 unspecified atom stereocenters. The molecule has 1 aliphatic carbocycles. The maximum atomic E-state index is 12.2. The van der Waals surface area contributed by atoms with Crippen LogP contribution in [0.2, 0.25) is 0 Å². The second kappa shape index (κ2) is 6.17. The topological polar surface area (TPSA) is 86.7 Å². The zero-order chi connectivity index (χ0) is 16.3. The number of benzene rings is 1. The smallest absolute Gasteiger partial charge is 0.319 e. The molecule has 0 bridgehead atoms. The van der Waals surface area contributed by atoms with Crippen LogP contribution in [0.3, 0.4) is 0 Å². The van der Waals surface area contributed by atoms with Crippen molar-refractivity contribution >= 4 is 23.5 Å². The zero-order valence-corrected chi connectivity index (χ0v) is 12.8. The van der Waals surface area contributed by atoms with Gasteiger partial charge in [-0.3, -0.25) is 14.4 Å². The predicted octanol–water partition coefficient (Wildman–Crippen LogP) is 1.97. The van der Waals surface area contributed by atoms with E-state index in [1.54, 1.807) is 29.2 Å². The highest BCUT2D eigenvalue weighted by Gasteiger charge is 2.57. The summed E-state index contributed by atoms with van der Waals surface area (Å²) in [4.78, 5) is 36.9. The minimum atomic E-state index is -1.27. The van der Waals surface area contributed by atoms with Gasteiger partial charge in [0, 0.05) is 24.3 Å². The first-order valence-corrected chi connectivity index (χ1v) is 7.38. The van der Waals surface area contributed by atoms with Gasteiger partial charge >= 0.3 is 5.97 Å². The van der Waals surface area contributed by atoms with E-state index in [0.29, 0.717) is 37.2 Å². The summed E-state index contributed by atoms with van der Waals surface area (Å²) in [6, 6.07) is 6.51. The molecule has 0 spiro atoms. The van der Waals surface area contributed by atoms with E-state index in [1.807, 2.05) is 13.8 Å². The van der Waals surface area contributed by atoms with Crippen LogP contribution in [0, 0.1) is 5.41 Å². The molecule has 118 valence electrons. The molecule has 2 rings (SSSR count). The Morgan fingerprint density at radius 1 is 1.14 bits per heavy atom. The Hall–Kier alpha value is -2.37. The largest absolute Gasteiger partial charge is 0.480 e. The molecule has 2 amide bonds. The van der Waals surface area contributed by atoms with Crippen LogP contribution in [0.15, 0.2) is 24.3 Å². The molecule has 0 aliphatic heterocycles. The normalized spacial score (nSPS) is 15.0. The Morgan fingerprint density at radius 3 is 2.09 bits per heavy atom. The van der Waals surface area contributed by atoms with Gasteiger partial charge in [0.05, 0.1) is 0 Å². The van der Waals surface area contributed by atoms with E-state index in [9.17, 15) is 14.4 Å². The Balaban J connectivity index is 2.05. The number of nitrogens with one attached hydrogen (secondary N) is 1. The van der Waals surface area contributed by atoms with Gasteiger partial charge < -0.3 is 15.3 Å². The van der Waals surface area contributed by atoms with Crippen LogP contribution in [0.4, 0.5) is 5.69 Å². The van der Waals surface area contributed by atoms with Crippen LogP contribution < -0.4 is 5.32 Å². The number of rotatable bonds is 6. The summed E-state index contributed by atoms with van der Waals surface area (Å²) < 4.78 is 0. The second-order valence-electron chi connectivity index (χ2n) is 5.40. The highest BCUT2D eigenvalue weighted by atomic mass is 16.4. The fraction of sp³-hybridized carbons (Fsp3) is 0.438. The minimum Gasteiger partial charge on any atom is -0.480 e. The van der Waals surface area contributed by atoms with Crippen molar-refractivity contribution in [2.45, 2.75) is 26.7 Å². The molecule has 0 atom stereocenters. The first-order chi connectivity index (χ1) is 10.4. The Bertz CT molecular complexity index is 587. The van der Waals surface area contributed by atoms with E-state index in [4.69, 9.17) is 5.11 Å². The summed E-state index contributed by atoms with van der Waals surface area (Å²) in [6.45, 7) is 5.10. The number of carbonyl (C=O) groups excluding carboxylic acids is 2. The average Bonchev–Trinajstić information content (AvgIpc) is 3.31. The van der Waals surface area contributed by atoms with Crippen molar-refractivity contribution in [1.29, 1.82) is 0 Å². The molecular formula is C16H20N2O4. The first-order valence-electron chi connectivity index (χ1n) is 7.38. The Kier molecular flexibility index (Phi) is 4.49. The highest BCUT2D eigenvalue weighted by molar-refractivity contribution is 6.10. The van der Waals surface area contributed by atoms with Crippen molar-refractivity contribution in [1.82, 2.24) is 4.90 Å². The van der Waals surface area contributed by atoms with Crippen LogP contribution in [0.1, 0.15) is 37.0 Å². The maximum absolute atomic E-state index is 12.2. The number of carbonyl (C=O) groups is 3. The summed E-state index contributed by atoms with van der Waals surface area (Å²) >= 11 is 0. The summed E-state index contributed by atoms with van der Waals surface area (Å²) in [5.74, 6) is -1.65. The second-order valence-corrected chi connectivity index (χ2v) is 5.40. The lowest BCUT2D eigenvalue weighted by molar-refractivity contribution is -0.147. The number of carboxylic acids is 1. The lowest BCUT2D eigenvalue weighted by Gasteiger charge is -2.18. The molecule has 1 aromatic carbocycles. The molecule has 1 aliphatic rings. The van der Waals surface area contributed by atoms with Crippen molar-refractivity contribution in [3.8, 4) is 0 Å². The van der Waals surface area contributed by atoms with Gasteiger partial charge in [0.15, 0.2) is 0 Å². The predicted molar refractivity (Wildman–Crippen MR) is 81.6 cm³/mol. The first kappa shape index (κ1) is 16.0. The Labute approximate surface area is 129 Å². The van der Waals surface area contributed by atoms with Crippen molar-refractivity contribution in [2.24, 2.45) is 5.41 Å². The number of nitrogens with zero attached hydrogens (tertiary/aromatic N) is 1. The van der Waals surface area contributed by atoms with E-state index < -0.39 is 17.3 Å². The third kappa shape index (κ3) is 2.95.